The summed E-state index contributed by atoms with van der Waals surface area (Å²) in [6, 6.07) is 0. The minimum absolute atomic E-state index is 0.142. The van der Waals surface area contributed by atoms with Gasteiger partial charge in [-0.05, 0) is 112 Å². The van der Waals surface area contributed by atoms with Gasteiger partial charge in [-0.2, -0.15) is 0 Å². The first-order valence-corrected chi connectivity index (χ1v) is 14.0. The molecule has 10 atom stereocenters. The summed E-state index contributed by atoms with van der Waals surface area (Å²) >= 11 is 0. The van der Waals surface area contributed by atoms with E-state index in [1.54, 1.807) is 0 Å². The molecule has 0 radical (unpaired) electrons. The van der Waals surface area contributed by atoms with Crippen molar-refractivity contribution in [2.75, 3.05) is 0 Å². The highest BCUT2D eigenvalue weighted by Gasteiger charge is 2.58. The van der Waals surface area contributed by atoms with Gasteiger partial charge in [0.25, 0.3) is 0 Å². The third-order valence-electron chi connectivity index (χ3n) is 11.5. The van der Waals surface area contributed by atoms with Crippen molar-refractivity contribution in [2.24, 2.45) is 46.8 Å². The van der Waals surface area contributed by atoms with Crippen LogP contribution >= 0.6 is 0 Å². The number of Topliss-reactive ketones (excluding diaryl/α,β-unsaturated/α-hetero) is 1. The van der Waals surface area contributed by atoms with Crippen molar-refractivity contribution in [3.8, 4) is 0 Å². The molecule has 186 valence electrons. The summed E-state index contributed by atoms with van der Waals surface area (Å²) < 4.78 is 1.87. The van der Waals surface area contributed by atoms with Crippen molar-refractivity contribution < 1.29 is 9.90 Å². The van der Waals surface area contributed by atoms with E-state index in [4.69, 9.17) is 0 Å². The lowest BCUT2D eigenvalue weighted by Gasteiger charge is -2.56. The molecule has 0 amide bonds. The summed E-state index contributed by atoms with van der Waals surface area (Å²) in [6.45, 7) is 9.28. The van der Waals surface area contributed by atoms with Crippen LogP contribution in [0.4, 0.5) is 0 Å². The number of rotatable bonds is 3. The Bertz CT molecular complexity index is 995. The van der Waals surface area contributed by atoms with Crippen LogP contribution in [0, 0.1) is 46.8 Å². The molecule has 5 heteroatoms. The Morgan fingerprint density at radius 3 is 2.68 bits per heavy atom. The summed E-state index contributed by atoms with van der Waals surface area (Å²) in [5.74, 6) is 5.15. The zero-order chi connectivity index (χ0) is 23.8. The first-order chi connectivity index (χ1) is 16.2. The maximum Gasteiger partial charge on any atom is 0.157 e. The highest BCUT2D eigenvalue weighted by molar-refractivity contribution is 5.82. The Morgan fingerprint density at radius 2 is 1.85 bits per heavy atom. The number of carbonyl (C=O) groups is 1. The van der Waals surface area contributed by atoms with Crippen LogP contribution in [-0.4, -0.2) is 31.5 Å². The highest BCUT2D eigenvalue weighted by atomic mass is 16.3. The lowest BCUT2D eigenvalue weighted by Crippen LogP contribution is -2.51. The van der Waals surface area contributed by atoms with Gasteiger partial charge in [-0.15, -0.1) is 5.10 Å². The number of aromatic nitrogens is 3. The monoisotopic (exact) mass is 465 g/mol. The predicted molar refractivity (Wildman–Crippen MR) is 133 cm³/mol. The van der Waals surface area contributed by atoms with Crippen molar-refractivity contribution in [3.05, 3.63) is 17.5 Å². The van der Waals surface area contributed by atoms with Crippen molar-refractivity contribution in [1.29, 1.82) is 0 Å². The average Bonchev–Trinajstić information content (AvgIpc) is 3.36. The zero-order valence-electron chi connectivity index (χ0n) is 21.5. The minimum Gasteiger partial charge on any atom is -0.390 e. The predicted octanol–water partition coefficient (Wildman–Crippen LogP) is 5.63. The molecule has 2 unspecified atom stereocenters. The van der Waals surface area contributed by atoms with Crippen LogP contribution in [0.25, 0.3) is 6.08 Å². The molecule has 34 heavy (non-hydrogen) atoms. The van der Waals surface area contributed by atoms with E-state index < -0.39 is 5.60 Å². The molecule has 0 saturated heterocycles. The van der Waals surface area contributed by atoms with Gasteiger partial charge in [0, 0.05) is 11.8 Å². The number of carbonyl (C=O) groups excluding carboxylic acids is 1. The molecule has 0 aromatic carbocycles. The average molecular weight is 466 g/mol. The molecule has 4 saturated carbocycles. The van der Waals surface area contributed by atoms with Gasteiger partial charge in [-0.25, -0.2) is 4.68 Å². The Balaban J connectivity index is 1.18. The van der Waals surface area contributed by atoms with Gasteiger partial charge in [0.15, 0.2) is 5.78 Å². The third kappa shape index (κ3) is 3.47. The fraction of sp³-hybridized carbons (Fsp3) is 0.828. The molecular weight excluding hydrogens is 422 g/mol. The number of hydrogen-bond donors (Lipinski definition) is 1. The van der Waals surface area contributed by atoms with E-state index in [1.807, 2.05) is 11.6 Å². The summed E-state index contributed by atoms with van der Waals surface area (Å²) in [7, 11) is 0. The molecule has 4 fully saturated rings. The number of ketones is 1. The first kappa shape index (κ1) is 22.9. The van der Waals surface area contributed by atoms with Crippen LogP contribution in [-0.2, 0) is 11.3 Å². The van der Waals surface area contributed by atoms with Crippen molar-refractivity contribution >= 4 is 11.9 Å². The second-order valence-corrected chi connectivity index (χ2v) is 13.3. The molecule has 0 bridgehead atoms. The van der Waals surface area contributed by atoms with E-state index >= 15 is 0 Å². The zero-order valence-corrected chi connectivity index (χ0v) is 21.5. The van der Waals surface area contributed by atoms with Crippen LogP contribution in [0.5, 0.6) is 0 Å². The van der Waals surface area contributed by atoms with E-state index in [1.165, 1.54) is 38.5 Å². The number of aliphatic hydroxyl groups is 1. The molecule has 1 aromatic rings. The molecule has 1 N–H and O–H groups in total. The van der Waals surface area contributed by atoms with Crippen LogP contribution in [0.3, 0.4) is 0 Å². The largest absolute Gasteiger partial charge is 0.390 e. The fourth-order valence-corrected chi connectivity index (χ4v) is 9.47. The standard InChI is InChI=1S/C29H43N3O2/c1-17-5-10-25-27(18(17)2)30-31-32(25)16-26(33)24-9-8-23-22-7-6-19-15-28(3,34)13-11-20(19)21(22)12-14-29(23,24)4/h5,10,17-24,34H,6-9,11-16H2,1-4H3/t17?,18?,19-,20+,21-,22-,23+,24-,28-,29+/m1/s1. The topological polar surface area (TPSA) is 68.0 Å². The molecule has 5 aliphatic carbocycles. The van der Waals surface area contributed by atoms with Crippen LogP contribution < -0.4 is 0 Å². The van der Waals surface area contributed by atoms with Gasteiger partial charge in [-0.3, -0.25) is 4.79 Å². The van der Waals surface area contributed by atoms with E-state index in [0.717, 1.165) is 48.4 Å². The second-order valence-electron chi connectivity index (χ2n) is 13.3. The summed E-state index contributed by atoms with van der Waals surface area (Å²) in [5, 5.41) is 19.5. The molecule has 1 heterocycles. The van der Waals surface area contributed by atoms with Crippen LogP contribution in [0.15, 0.2) is 6.08 Å². The van der Waals surface area contributed by atoms with Gasteiger partial charge in [0.05, 0.1) is 17.0 Å². The normalized spacial score (nSPS) is 47.4. The highest BCUT2D eigenvalue weighted by Crippen LogP contribution is 2.64. The molecule has 0 aliphatic heterocycles. The second kappa shape index (κ2) is 8.01. The first-order valence-electron chi connectivity index (χ1n) is 14.0. The quantitative estimate of drug-likeness (QED) is 0.628. The Kier molecular flexibility index (Phi) is 5.41. The van der Waals surface area contributed by atoms with Crippen molar-refractivity contribution in [3.63, 3.8) is 0 Å². The lowest BCUT2D eigenvalue weighted by molar-refractivity contribution is -0.133. The van der Waals surface area contributed by atoms with Gasteiger partial charge in [-0.1, -0.05) is 32.1 Å². The summed E-state index contributed by atoms with van der Waals surface area (Å²) in [5.41, 5.74) is 1.77. The smallest absolute Gasteiger partial charge is 0.157 e. The lowest BCUT2D eigenvalue weighted by atomic mass is 9.49. The molecule has 6 rings (SSSR count). The number of allylic oxidation sites excluding steroid dienone is 1. The van der Waals surface area contributed by atoms with E-state index in [-0.39, 0.29) is 11.3 Å². The van der Waals surface area contributed by atoms with E-state index in [9.17, 15) is 9.90 Å². The fourth-order valence-electron chi connectivity index (χ4n) is 9.47. The summed E-state index contributed by atoms with van der Waals surface area (Å²) in [6.07, 6.45) is 14.8. The van der Waals surface area contributed by atoms with E-state index in [2.05, 4.69) is 43.2 Å². The molecule has 5 nitrogen and oxygen atoms in total. The van der Waals surface area contributed by atoms with Gasteiger partial charge in [0.1, 0.15) is 6.54 Å². The number of fused-ring (bicyclic) bond motifs is 6. The number of hydrogen-bond acceptors (Lipinski definition) is 4. The van der Waals surface area contributed by atoms with Crippen molar-refractivity contribution in [2.45, 2.75) is 104 Å². The van der Waals surface area contributed by atoms with Crippen molar-refractivity contribution in [1.82, 2.24) is 15.0 Å². The van der Waals surface area contributed by atoms with Crippen LogP contribution in [0.1, 0.15) is 103 Å². The maximum atomic E-state index is 13.7. The molecule has 0 spiro atoms. The summed E-state index contributed by atoms with van der Waals surface area (Å²) in [4.78, 5) is 13.7. The molecule has 1 aromatic heterocycles. The number of nitrogens with zero attached hydrogens (tertiary/aromatic N) is 3. The Labute approximate surface area is 204 Å². The maximum absolute atomic E-state index is 13.7. The molecular formula is C29H43N3O2. The van der Waals surface area contributed by atoms with Crippen LogP contribution in [0.2, 0.25) is 0 Å². The Hall–Kier alpha value is -1.49. The van der Waals surface area contributed by atoms with E-state index in [0.29, 0.717) is 36.0 Å². The van der Waals surface area contributed by atoms with Gasteiger partial charge >= 0.3 is 0 Å². The van der Waals surface area contributed by atoms with Gasteiger partial charge in [0.2, 0.25) is 0 Å². The Morgan fingerprint density at radius 1 is 1.06 bits per heavy atom. The SMILES string of the molecule is CC1C=Cc2c(nnn2CC(=O)[C@H]2CC[C@H]3[C@@H]4CC[C@@H]5C[C@](C)(O)CC[C@@H]5[C@H]4CC[C@]23C)C1C. The molecule has 5 aliphatic rings. The van der Waals surface area contributed by atoms with Gasteiger partial charge < -0.3 is 5.11 Å². The minimum atomic E-state index is -0.451. The third-order valence-corrected chi connectivity index (χ3v) is 11.5.